The molecular weight excluding hydrogens is 236 g/mol. The molecule has 2 unspecified atom stereocenters. The summed E-state index contributed by atoms with van der Waals surface area (Å²) < 4.78 is 0. The minimum atomic E-state index is -0.703. The highest BCUT2D eigenvalue weighted by Crippen LogP contribution is 2.24. The van der Waals surface area contributed by atoms with Crippen LogP contribution in [0, 0.1) is 5.92 Å². The van der Waals surface area contributed by atoms with Crippen molar-refractivity contribution in [1.82, 2.24) is 9.80 Å². The van der Waals surface area contributed by atoms with Crippen molar-refractivity contribution < 1.29 is 9.90 Å². The second-order valence-electron chi connectivity index (χ2n) is 5.08. The van der Waals surface area contributed by atoms with Crippen molar-refractivity contribution in [1.29, 1.82) is 0 Å². The smallest absolute Gasteiger partial charge is 0.320 e. The Bertz CT molecular complexity index is 261. The Morgan fingerprint density at radius 2 is 2.12 bits per heavy atom. The normalized spacial score (nSPS) is 29.4. The van der Waals surface area contributed by atoms with Gasteiger partial charge in [-0.1, -0.05) is 0 Å². The summed E-state index contributed by atoms with van der Waals surface area (Å²) in [6, 6.07) is -0.334. The predicted octanol–water partition coefficient (Wildman–Crippen LogP) is 0.830. The average Bonchev–Trinajstić information content (AvgIpc) is 2.82. The summed E-state index contributed by atoms with van der Waals surface area (Å²) in [7, 11) is 0. The van der Waals surface area contributed by atoms with Gasteiger partial charge in [0.15, 0.2) is 0 Å². The van der Waals surface area contributed by atoms with Crippen LogP contribution in [0.3, 0.4) is 0 Å². The minimum absolute atomic E-state index is 0.334. The highest BCUT2D eigenvalue weighted by molar-refractivity contribution is 7.99. The third-order valence-corrected chi connectivity index (χ3v) is 5.08. The molecule has 0 saturated carbocycles. The number of aliphatic carboxylic acids is 1. The summed E-state index contributed by atoms with van der Waals surface area (Å²) in [6.07, 6.45) is 1.36. The number of carbonyl (C=O) groups is 1. The highest BCUT2D eigenvalue weighted by atomic mass is 32.2. The van der Waals surface area contributed by atoms with Crippen molar-refractivity contribution in [2.75, 3.05) is 44.2 Å². The summed E-state index contributed by atoms with van der Waals surface area (Å²) in [5.74, 6) is 2.79. The van der Waals surface area contributed by atoms with Crippen LogP contribution in [0.1, 0.15) is 13.3 Å². The van der Waals surface area contributed by atoms with Crippen LogP contribution in [0.15, 0.2) is 0 Å². The maximum atomic E-state index is 10.9. The van der Waals surface area contributed by atoms with Crippen molar-refractivity contribution in [2.24, 2.45) is 5.92 Å². The van der Waals surface area contributed by atoms with Crippen LogP contribution in [0.4, 0.5) is 0 Å². The summed E-state index contributed by atoms with van der Waals surface area (Å²) >= 11 is 2.07. The maximum absolute atomic E-state index is 10.9. The number of rotatable bonds is 4. The summed E-state index contributed by atoms with van der Waals surface area (Å²) in [5, 5.41) is 8.97. The molecule has 0 aromatic carbocycles. The molecule has 2 aliphatic rings. The Kier molecular flexibility index (Phi) is 4.70. The Hall–Kier alpha value is -0.260. The predicted molar refractivity (Wildman–Crippen MR) is 70.5 cm³/mol. The molecule has 0 aliphatic carbocycles. The van der Waals surface area contributed by atoms with Crippen LogP contribution >= 0.6 is 11.8 Å². The SMILES string of the molecule is CC(C(=O)O)N1CCN(CC2CCSC2)CC1. The maximum Gasteiger partial charge on any atom is 0.320 e. The van der Waals surface area contributed by atoms with Gasteiger partial charge in [-0.3, -0.25) is 9.69 Å². The monoisotopic (exact) mass is 258 g/mol. The number of carboxylic acids is 1. The lowest BCUT2D eigenvalue weighted by atomic mass is 10.1. The molecule has 0 radical (unpaired) electrons. The number of carboxylic acid groups (broad SMARTS) is 1. The minimum Gasteiger partial charge on any atom is -0.480 e. The van der Waals surface area contributed by atoms with Gasteiger partial charge in [-0.05, 0) is 30.8 Å². The van der Waals surface area contributed by atoms with Crippen LogP contribution in [0.25, 0.3) is 0 Å². The van der Waals surface area contributed by atoms with Gasteiger partial charge in [0.1, 0.15) is 6.04 Å². The van der Waals surface area contributed by atoms with Crippen LogP contribution in [0.2, 0.25) is 0 Å². The highest BCUT2D eigenvalue weighted by Gasteiger charge is 2.26. The molecule has 2 aliphatic heterocycles. The quantitative estimate of drug-likeness (QED) is 0.809. The van der Waals surface area contributed by atoms with Gasteiger partial charge >= 0.3 is 5.97 Å². The first kappa shape index (κ1) is 13.2. The van der Waals surface area contributed by atoms with E-state index < -0.39 is 5.97 Å². The molecule has 2 saturated heterocycles. The number of piperazine rings is 1. The molecule has 0 aromatic heterocycles. The Morgan fingerprint density at radius 3 is 2.65 bits per heavy atom. The second kappa shape index (κ2) is 6.07. The van der Waals surface area contributed by atoms with Gasteiger partial charge in [-0.15, -0.1) is 0 Å². The van der Waals surface area contributed by atoms with Crippen molar-refractivity contribution in [3.8, 4) is 0 Å². The molecule has 2 rings (SSSR count). The topological polar surface area (TPSA) is 43.8 Å². The standard InChI is InChI=1S/C12H22N2O2S/c1-10(12(15)16)14-5-3-13(4-6-14)8-11-2-7-17-9-11/h10-11H,2-9H2,1H3,(H,15,16). The molecule has 2 fully saturated rings. The Morgan fingerprint density at radius 1 is 1.41 bits per heavy atom. The van der Waals surface area contributed by atoms with E-state index in [1.54, 1.807) is 6.92 Å². The number of hydrogen-bond donors (Lipinski definition) is 1. The molecule has 17 heavy (non-hydrogen) atoms. The van der Waals surface area contributed by atoms with Gasteiger partial charge in [0.05, 0.1) is 0 Å². The third-order valence-electron chi connectivity index (χ3n) is 3.85. The Labute approximate surface area is 107 Å². The van der Waals surface area contributed by atoms with Crippen molar-refractivity contribution in [2.45, 2.75) is 19.4 Å². The van der Waals surface area contributed by atoms with Gasteiger partial charge in [0.2, 0.25) is 0 Å². The van der Waals surface area contributed by atoms with Gasteiger partial charge < -0.3 is 10.0 Å². The fraction of sp³-hybridized carbons (Fsp3) is 0.917. The van der Waals surface area contributed by atoms with E-state index in [9.17, 15) is 4.79 Å². The molecule has 2 heterocycles. The molecule has 2 atom stereocenters. The second-order valence-corrected chi connectivity index (χ2v) is 6.23. The first-order valence-corrected chi connectivity index (χ1v) is 7.59. The summed E-state index contributed by atoms with van der Waals surface area (Å²) in [5.41, 5.74) is 0. The van der Waals surface area contributed by atoms with Crippen LogP contribution < -0.4 is 0 Å². The largest absolute Gasteiger partial charge is 0.480 e. The van der Waals surface area contributed by atoms with E-state index in [1.165, 1.54) is 24.5 Å². The van der Waals surface area contributed by atoms with E-state index in [-0.39, 0.29) is 6.04 Å². The van der Waals surface area contributed by atoms with Crippen molar-refractivity contribution in [3.05, 3.63) is 0 Å². The first-order chi connectivity index (χ1) is 8.16. The molecule has 1 N–H and O–H groups in total. The van der Waals surface area contributed by atoms with Crippen LogP contribution in [-0.2, 0) is 4.79 Å². The molecule has 4 nitrogen and oxygen atoms in total. The Balaban J connectivity index is 1.72. The fourth-order valence-corrected chi connectivity index (χ4v) is 3.85. The zero-order valence-corrected chi connectivity index (χ0v) is 11.3. The van der Waals surface area contributed by atoms with Crippen LogP contribution in [0.5, 0.6) is 0 Å². The molecule has 0 bridgehead atoms. The van der Waals surface area contributed by atoms with E-state index in [0.717, 1.165) is 32.1 Å². The number of hydrogen-bond acceptors (Lipinski definition) is 4. The van der Waals surface area contributed by atoms with E-state index in [4.69, 9.17) is 5.11 Å². The average molecular weight is 258 g/mol. The van der Waals surface area contributed by atoms with E-state index in [1.807, 2.05) is 0 Å². The van der Waals surface area contributed by atoms with Crippen molar-refractivity contribution in [3.63, 3.8) is 0 Å². The summed E-state index contributed by atoms with van der Waals surface area (Å²) in [4.78, 5) is 15.5. The van der Waals surface area contributed by atoms with Crippen LogP contribution in [-0.4, -0.2) is 71.1 Å². The third kappa shape index (κ3) is 3.60. The summed E-state index contributed by atoms with van der Waals surface area (Å²) in [6.45, 7) is 6.84. The molecule has 5 heteroatoms. The molecular formula is C12H22N2O2S. The van der Waals surface area contributed by atoms with E-state index >= 15 is 0 Å². The number of thioether (sulfide) groups is 1. The molecule has 98 valence electrons. The van der Waals surface area contributed by atoms with Crippen molar-refractivity contribution >= 4 is 17.7 Å². The van der Waals surface area contributed by atoms with Gasteiger partial charge in [0.25, 0.3) is 0 Å². The lowest BCUT2D eigenvalue weighted by molar-refractivity contribution is -0.143. The van der Waals surface area contributed by atoms with E-state index in [0.29, 0.717) is 0 Å². The van der Waals surface area contributed by atoms with Gasteiger partial charge in [0, 0.05) is 32.7 Å². The molecule has 0 amide bonds. The fourth-order valence-electron chi connectivity index (χ4n) is 2.58. The molecule has 0 aromatic rings. The lowest BCUT2D eigenvalue weighted by Gasteiger charge is -2.37. The van der Waals surface area contributed by atoms with Gasteiger partial charge in [-0.2, -0.15) is 11.8 Å². The zero-order chi connectivity index (χ0) is 12.3. The molecule has 0 spiro atoms. The zero-order valence-electron chi connectivity index (χ0n) is 10.5. The number of nitrogens with zero attached hydrogens (tertiary/aromatic N) is 2. The lowest BCUT2D eigenvalue weighted by Crippen LogP contribution is -2.52. The van der Waals surface area contributed by atoms with Gasteiger partial charge in [-0.25, -0.2) is 0 Å². The van der Waals surface area contributed by atoms with E-state index in [2.05, 4.69) is 21.6 Å². The first-order valence-electron chi connectivity index (χ1n) is 6.44.